The monoisotopic (exact) mass is 1090 g/mol. The second-order valence-electron chi connectivity index (χ2n) is 21.0. The fourth-order valence-electron chi connectivity index (χ4n) is 10.2. The first-order valence-corrected chi connectivity index (χ1v) is 28.9. The third-order valence-corrected chi connectivity index (χ3v) is 14.9. The molecule has 0 amide bonds. The van der Waals surface area contributed by atoms with E-state index in [0.29, 0.717) is 36.0 Å². The average molecular weight is 1090 g/mol. The molecule has 0 aromatic heterocycles. The van der Waals surface area contributed by atoms with Gasteiger partial charge in [0.15, 0.2) is 0 Å². The maximum absolute atomic E-state index is 13.9. The molecular weight excluding hydrogens is 1000 g/mol. The lowest BCUT2D eigenvalue weighted by atomic mass is 9.88. The van der Waals surface area contributed by atoms with Gasteiger partial charge in [-0.2, -0.15) is 0 Å². The highest BCUT2D eigenvalue weighted by atomic mass is 19.2. The van der Waals surface area contributed by atoms with Crippen LogP contribution in [0.25, 0.3) is 0 Å². The Kier molecular flexibility index (Phi) is 29.5. The van der Waals surface area contributed by atoms with Gasteiger partial charge in [0, 0.05) is 17.8 Å². The topological polar surface area (TPSA) is 112 Å². The number of halogens is 6. The van der Waals surface area contributed by atoms with Crippen molar-refractivity contribution < 1.29 is 56.0 Å². The second kappa shape index (κ2) is 35.6. The van der Waals surface area contributed by atoms with Crippen molar-refractivity contribution in [2.75, 3.05) is 0 Å². The maximum Gasteiger partial charge on any atom is 0.341 e. The lowest BCUT2D eigenvalue weighted by Crippen LogP contribution is -2.08. The Labute approximate surface area is 460 Å². The molecule has 3 aliphatic rings. The molecular formula is C66H84F6O6. The molecule has 0 aliphatic heterocycles. The Bertz CT molecular complexity index is 2520. The smallest absolute Gasteiger partial charge is 0.341 e. The Morgan fingerprint density at radius 3 is 0.744 bits per heavy atom. The Hall–Kier alpha value is -5.91. The molecule has 0 saturated carbocycles. The van der Waals surface area contributed by atoms with E-state index in [4.69, 9.17) is 15.3 Å². The van der Waals surface area contributed by atoms with E-state index in [0.717, 1.165) is 55.7 Å². The summed E-state index contributed by atoms with van der Waals surface area (Å²) in [6.07, 6.45) is 50.4. The molecule has 3 aromatic rings. The molecule has 0 heterocycles. The molecule has 12 heteroatoms. The van der Waals surface area contributed by atoms with Crippen molar-refractivity contribution in [3.05, 3.63) is 176 Å². The van der Waals surface area contributed by atoms with Crippen LogP contribution in [0.5, 0.6) is 0 Å². The van der Waals surface area contributed by atoms with Crippen LogP contribution in [-0.4, -0.2) is 33.2 Å². The fourth-order valence-corrected chi connectivity index (χ4v) is 10.2. The molecule has 0 saturated heterocycles. The van der Waals surface area contributed by atoms with Gasteiger partial charge in [-0.15, -0.1) is 0 Å². The summed E-state index contributed by atoms with van der Waals surface area (Å²) in [5, 5.41) is 26.5. The number of benzene rings is 3. The third kappa shape index (κ3) is 22.1. The number of carbonyl (C=O) groups is 3. The molecule has 3 aliphatic carbocycles. The SMILES string of the molecule is CCCCCCCCC1=CCC(c2cc(F)c(C(=O)O)c(F)c2)C=C1.CCCCCCCCCC1=CCC(c2cc(F)c(C(=O)O)c(F)c2)C=C1.CCCCCCCCCCC1=CCC(c2cc(F)c(C(=O)O)c(F)c2)C=C1. The first kappa shape index (κ1) is 64.6. The summed E-state index contributed by atoms with van der Waals surface area (Å²) < 4.78 is 83.1. The normalized spacial score (nSPS) is 16.6. The molecule has 0 bridgehead atoms. The van der Waals surface area contributed by atoms with Gasteiger partial charge in [-0.3, -0.25) is 0 Å². The quantitative estimate of drug-likeness (QED) is 0.0453. The van der Waals surface area contributed by atoms with Crippen molar-refractivity contribution in [1.29, 1.82) is 0 Å². The molecule has 0 fully saturated rings. The van der Waals surface area contributed by atoms with Crippen LogP contribution in [0.15, 0.2) is 108 Å². The van der Waals surface area contributed by atoms with Gasteiger partial charge in [0.2, 0.25) is 0 Å². The third-order valence-electron chi connectivity index (χ3n) is 14.9. The van der Waals surface area contributed by atoms with Crippen molar-refractivity contribution in [1.82, 2.24) is 0 Å². The fraction of sp³-hybridized carbons (Fsp3) is 0.500. The molecule has 0 radical (unpaired) electrons. The van der Waals surface area contributed by atoms with Crippen LogP contribution in [0.2, 0.25) is 0 Å². The van der Waals surface area contributed by atoms with Crippen molar-refractivity contribution in [3.63, 3.8) is 0 Å². The van der Waals surface area contributed by atoms with E-state index in [-0.39, 0.29) is 17.8 Å². The summed E-state index contributed by atoms with van der Waals surface area (Å²) in [5.74, 6) is -11.2. The molecule has 426 valence electrons. The molecule has 3 N–H and O–H groups in total. The zero-order valence-corrected chi connectivity index (χ0v) is 46.3. The predicted molar refractivity (Wildman–Crippen MR) is 302 cm³/mol. The Morgan fingerprint density at radius 2 is 0.564 bits per heavy atom. The molecule has 0 spiro atoms. The van der Waals surface area contributed by atoms with Gasteiger partial charge in [0.05, 0.1) is 0 Å². The standard InChI is InChI=1S/C23H30F2O2.C22H28F2O2.C21H26F2O2/c1-2-3-4-5-6-7-8-9-10-17-11-13-18(14-12-17)19-15-20(24)22(23(26)27)21(25)16-19;1-2-3-4-5-6-7-8-9-16-10-12-17(13-11-16)18-14-19(23)21(22(25)26)20(24)15-18;1-2-3-4-5-6-7-8-15-9-11-16(12-10-15)17-13-18(22)20(21(24)25)19(23)14-17/h11-13,15-16,18H,2-10,14H2,1H3,(H,26,27);10-12,14-15,17H,2-9,13H2,1H3,(H,25,26);9-11,13-14,16H,2-8,12H2,1H3,(H,24,25). The number of hydrogen-bond donors (Lipinski definition) is 3. The summed E-state index contributed by atoms with van der Waals surface area (Å²) in [7, 11) is 0. The highest BCUT2D eigenvalue weighted by Crippen LogP contribution is 2.34. The van der Waals surface area contributed by atoms with Gasteiger partial charge in [0.25, 0.3) is 0 Å². The van der Waals surface area contributed by atoms with E-state index in [1.165, 1.54) is 152 Å². The number of carboxylic acids is 3. The number of aromatic carboxylic acids is 3. The number of unbranched alkanes of at least 4 members (excludes halogenated alkanes) is 18. The molecule has 3 atom stereocenters. The first-order valence-electron chi connectivity index (χ1n) is 28.9. The van der Waals surface area contributed by atoms with Crippen LogP contribution in [0, 0.1) is 34.9 Å². The lowest BCUT2D eigenvalue weighted by Gasteiger charge is -2.17. The number of carboxylic acid groups (broad SMARTS) is 3. The average Bonchev–Trinajstić information content (AvgIpc) is 3.41. The summed E-state index contributed by atoms with van der Waals surface area (Å²) in [6, 6.07) is 6.81. The van der Waals surface area contributed by atoms with Crippen molar-refractivity contribution in [2.24, 2.45) is 0 Å². The van der Waals surface area contributed by atoms with Crippen LogP contribution >= 0.6 is 0 Å². The summed E-state index contributed by atoms with van der Waals surface area (Å²) in [5.41, 5.74) is 2.61. The number of rotatable bonds is 30. The number of hydrogen-bond acceptors (Lipinski definition) is 3. The van der Waals surface area contributed by atoms with E-state index >= 15 is 0 Å². The minimum Gasteiger partial charge on any atom is -0.477 e. The predicted octanol–water partition coefficient (Wildman–Crippen LogP) is 20.3. The van der Waals surface area contributed by atoms with Gasteiger partial charge in [-0.1, -0.05) is 208 Å². The summed E-state index contributed by atoms with van der Waals surface area (Å²) >= 11 is 0. The molecule has 6 rings (SSSR count). The minimum atomic E-state index is -1.58. The van der Waals surface area contributed by atoms with E-state index < -0.39 is 69.5 Å². The molecule has 3 unspecified atom stereocenters. The summed E-state index contributed by atoms with van der Waals surface area (Å²) in [6.45, 7) is 6.66. The van der Waals surface area contributed by atoms with Crippen LogP contribution in [0.4, 0.5) is 26.3 Å². The van der Waals surface area contributed by atoms with Crippen molar-refractivity contribution >= 4 is 17.9 Å². The van der Waals surface area contributed by atoms with E-state index in [1.807, 2.05) is 36.5 Å². The highest BCUT2D eigenvalue weighted by Gasteiger charge is 2.24. The Morgan fingerprint density at radius 1 is 0.359 bits per heavy atom. The molecule has 3 aromatic carbocycles. The van der Waals surface area contributed by atoms with Crippen LogP contribution in [-0.2, 0) is 0 Å². The van der Waals surface area contributed by atoms with Gasteiger partial charge >= 0.3 is 17.9 Å². The van der Waals surface area contributed by atoms with Gasteiger partial charge in [0.1, 0.15) is 51.6 Å². The maximum atomic E-state index is 13.9. The van der Waals surface area contributed by atoms with Crippen LogP contribution < -0.4 is 0 Å². The van der Waals surface area contributed by atoms with E-state index in [9.17, 15) is 40.7 Å². The second-order valence-corrected chi connectivity index (χ2v) is 21.0. The highest BCUT2D eigenvalue weighted by molar-refractivity contribution is 5.89. The van der Waals surface area contributed by atoms with E-state index in [1.54, 1.807) is 0 Å². The molecule has 6 nitrogen and oxygen atoms in total. The van der Waals surface area contributed by atoms with Crippen LogP contribution in [0.3, 0.4) is 0 Å². The van der Waals surface area contributed by atoms with Gasteiger partial charge < -0.3 is 15.3 Å². The minimum absolute atomic E-state index is 0.111. The zero-order chi connectivity index (χ0) is 56.8. The first-order chi connectivity index (χ1) is 37.6. The Balaban J connectivity index is 0.000000253. The van der Waals surface area contributed by atoms with Crippen LogP contribution in [0.1, 0.15) is 260 Å². The van der Waals surface area contributed by atoms with Gasteiger partial charge in [-0.25, -0.2) is 40.7 Å². The van der Waals surface area contributed by atoms with Crippen molar-refractivity contribution in [3.8, 4) is 0 Å². The number of allylic oxidation sites excluding steroid dienone is 12. The summed E-state index contributed by atoms with van der Waals surface area (Å²) in [4.78, 5) is 32.6. The largest absolute Gasteiger partial charge is 0.477 e. The van der Waals surface area contributed by atoms with Gasteiger partial charge in [-0.05, 0) is 111 Å². The van der Waals surface area contributed by atoms with E-state index in [2.05, 4.69) is 39.0 Å². The lowest BCUT2D eigenvalue weighted by molar-refractivity contribution is 0.0674. The van der Waals surface area contributed by atoms with Crippen molar-refractivity contribution in [2.45, 2.75) is 212 Å². The zero-order valence-electron chi connectivity index (χ0n) is 46.3. The molecule has 78 heavy (non-hydrogen) atoms.